The molecule has 1 fully saturated rings. The molecule has 0 aromatic carbocycles. The van der Waals surface area contributed by atoms with Crippen LogP contribution in [0.25, 0.3) is 5.82 Å². The van der Waals surface area contributed by atoms with E-state index in [1.165, 1.54) is 11.0 Å². The van der Waals surface area contributed by atoms with Gasteiger partial charge in [-0.25, -0.2) is 9.78 Å². The van der Waals surface area contributed by atoms with Crippen molar-refractivity contribution in [1.82, 2.24) is 35.4 Å². The second-order valence-electron chi connectivity index (χ2n) is 8.11. The van der Waals surface area contributed by atoms with Gasteiger partial charge in [0, 0.05) is 25.3 Å². The number of ether oxygens (including phenoxy) is 1. The van der Waals surface area contributed by atoms with Crippen LogP contribution in [0.15, 0.2) is 35.9 Å². The lowest BCUT2D eigenvalue weighted by atomic mass is 9.84. The number of carbonyl (C=O) groups excluding carboxylic acids is 2. The van der Waals surface area contributed by atoms with E-state index in [9.17, 15) is 9.59 Å². The van der Waals surface area contributed by atoms with Crippen molar-refractivity contribution in [3.05, 3.63) is 41.5 Å². The molecule has 3 heterocycles. The van der Waals surface area contributed by atoms with Crippen LogP contribution in [0.3, 0.4) is 0 Å². The van der Waals surface area contributed by atoms with E-state index < -0.39 is 0 Å². The van der Waals surface area contributed by atoms with Crippen molar-refractivity contribution in [2.45, 2.75) is 51.6 Å². The van der Waals surface area contributed by atoms with Crippen molar-refractivity contribution in [2.24, 2.45) is 5.92 Å². The van der Waals surface area contributed by atoms with Gasteiger partial charge in [0.25, 0.3) is 0 Å². The molecule has 10 heteroatoms. The van der Waals surface area contributed by atoms with E-state index in [0.717, 1.165) is 50.6 Å². The van der Waals surface area contributed by atoms with Crippen LogP contribution in [0.2, 0.25) is 0 Å². The summed E-state index contributed by atoms with van der Waals surface area (Å²) in [5, 5.41) is 14.7. The third-order valence-corrected chi connectivity index (χ3v) is 6.17. The molecule has 31 heavy (non-hydrogen) atoms. The molecule has 0 unspecified atom stereocenters. The maximum atomic E-state index is 11.5. The molecule has 0 radical (unpaired) electrons. The number of carbonyl (C=O) groups is 2. The molecule has 1 saturated carbocycles. The Hall–Kier alpha value is -3.14. The minimum absolute atomic E-state index is 0.200. The summed E-state index contributed by atoms with van der Waals surface area (Å²) >= 11 is 0. The highest BCUT2D eigenvalue weighted by Gasteiger charge is 2.26. The van der Waals surface area contributed by atoms with Gasteiger partial charge in [-0.2, -0.15) is 4.68 Å². The minimum Gasteiger partial charge on any atom is -0.456 e. The topological polar surface area (TPSA) is 115 Å². The SMILES string of the molecule is CC1=C(N(C=O)CCC2CCC(NCc3ccc(-n4cnnn4)nc3)CC2)COC1=O. The van der Waals surface area contributed by atoms with E-state index in [4.69, 9.17) is 4.74 Å². The van der Waals surface area contributed by atoms with Gasteiger partial charge in [-0.1, -0.05) is 6.07 Å². The number of rotatable bonds is 9. The number of aromatic nitrogens is 5. The summed E-state index contributed by atoms with van der Waals surface area (Å²) < 4.78 is 6.55. The largest absolute Gasteiger partial charge is 0.456 e. The second-order valence-corrected chi connectivity index (χ2v) is 8.11. The molecule has 1 aliphatic heterocycles. The minimum atomic E-state index is -0.325. The van der Waals surface area contributed by atoms with Gasteiger partial charge in [0.2, 0.25) is 6.41 Å². The van der Waals surface area contributed by atoms with Crippen molar-refractivity contribution in [2.75, 3.05) is 13.2 Å². The maximum absolute atomic E-state index is 11.5. The Morgan fingerprint density at radius 2 is 2.13 bits per heavy atom. The summed E-state index contributed by atoms with van der Waals surface area (Å²) in [7, 11) is 0. The molecule has 0 saturated heterocycles. The van der Waals surface area contributed by atoms with Crippen molar-refractivity contribution < 1.29 is 14.3 Å². The van der Waals surface area contributed by atoms with Crippen molar-refractivity contribution >= 4 is 12.4 Å². The number of esters is 1. The van der Waals surface area contributed by atoms with Crippen LogP contribution >= 0.6 is 0 Å². The summed E-state index contributed by atoms with van der Waals surface area (Å²) in [4.78, 5) is 29.1. The van der Waals surface area contributed by atoms with Crippen LogP contribution in [-0.2, 0) is 20.9 Å². The Balaban J connectivity index is 1.18. The number of pyridine rings is 1. The molecule has 0 spiro atoms. The van der Waals surface area contributed by atoms with E-state index in [-0.39, 0.29) is 12.6 Å². The van der Waals surface area contributed by atoms with Gasteiger partial charge in [0.15, 0.2) is 5.82 Å². The summed E-state index contributed by atoms with van der Waals surface area (Å²) in [5.41, 5.74) is 2.37. The third kappa shape index (κ3) is 5.13. The van der Waals surface area contributed by atoms with Crippen molar-refractivity contribution in [3.8, 4) is 5.82 Å². The normalized spacial score (nSPS) is 21.3. The molecular weight excluding hydrogens is 398 g/mol. The third-order valence-electron chi connectivity index (χ3n) is 6.17. The lowest BCUT2D eigenvalue weighted by Crippen LogP contribution is -2.34. The van der Waals surface area contributed by atoms with Crippen LogP contribution in [0.1, 0.15) is 44.6 Å². The smallest absolute Gasteiger partial charge is 0.336 e. The maximum Gasteiger partial charge on any atom is 0.336 e. The van der Waals surface area contributed by atoms with Crippen molar-refractivity contribution in [3.63, 3.8) is 0 Å². The molecule has 0 bridgehead atoms. The fourth-order valence-corrected chi connectivity index (χ4v) is 4.18. The number of cyclic esters (lactones) is 1. The van der Waals surface area contributed by atoms with Crippen LogP contribution < -0.4 is 5.32 Å². The summed E-state index contributed by atoms with van der Waals surface area (Å²) in [5.74, 6) is 0.962. The fraction of sp³-hybridized carbons (Fsp3) is 0.524. The standard InChI is InChI=1S/C21H27N7O3/c1-15-19(12-31-21(15)30)27(14-29)9-8-16-2-5-18(6-3-16)22-10-17-4-7-20(23-11-17)28-13-24-25-26-28/h4,7,11,13-14,16,18,22H,2-3,5-6,8-10,12H2,1H3. The van der Waals surface area contributed by atoms with E-state index in [0.29, 0.717) is 35.6 Å². The summed E-state index contributed by atoms with van der Waals surface area (Å²) in [6.07, 6.45) is 9.62. The van der Waals surface area contributed by atoms with Gasteiger partial charge in [-0.3, -0.25) is 4.79 Å². The number of nitrogens with one attached hydrogen (secondary N) is 1. The van der Waals surface area contributed by atoms with Crippen LogP contribution in [0.5, 0.6) is 0 Å². The molecule has 1 amide bonds. The van der Waals surface area contributed by atoms with E-state index in [2.05, 4.69) is 25.8 Å². The van der Waals surface area contributed by atoms with E-state index in [1.807, 2.05) is 18.3 Å². The number of hydrogen-bond acceptors (Lipinski definition) is 8. The molecule has 0 atom stereocenters. The average molecular weight is 425 g/mol. The number of hydrogen-bond donors (Lipinski definition) is 1. The van der Waals surface area contributed by atoms with Gasteiger partial charge < -0.3 is 15.0 Å². The first kappa shape index (κ1) is 21.1. The van der Waals surface area contributed by atoms with E-state index in [1.54, 1.807) is 11.8 Å². The lowest BCUT2D eigenvalue weighted by molar-refractivity contribution is -0.136. The highest BCUT2D eigenvalue weighted by molar-refractivity contribution is 5.91. The predicted octanol–water partition coefficient (Wildman–Crippen LogP) is 1.38. The Labute approximate surface area is 180 Å². The predicted molar refractivity (Wildman–Crippen MR) is 111 cm³/mol. The number of nitrogens with zero attached hydrogens (tertiary/aromatic N) is 6. The first-order valence-electron chi connectivity index (χ1n) is 10.6. The first-order valence-corrected chi connectivity index (χ1v) is 10.6. The highest BCUT2D eigenvalue weighted by atomic mass is 16.5. The Kier molecular flexibility index (Phi) is 6.66. The molecular formula is C21H27N7O3. The molecule has 2 aromatic heterocycles. The van der Waals surface area contributed by atoms with Gasteiger partial charge in [0.1, 0.15) is 12.9 Å². The monoisotopic (exact) mass is 425 g/mol. The zero-order valence-corrected chi connectivity index (χ0v) is 17.6. The molecule has 2 aliphatic rings. The average Bonchev–Trinajstić information content (AvgIpc) is 3.45. The summed E-state index contributed by atoms with van der Waals surface area (Å²) in [6.45, 7) is 3.33. The highest BCUT2D eigenvalue weighted by Crippen LogP contribution is 2.28. The number of tetrazole rings is 1. The molecule has 1 aliphatic carbocycles. The quantitative estimate of drug-likeness (QED) is 0.473. The van der Waals surface area contributed by atoms with Gasteiger partial charge in [-0.05, 0) is 67.0 Å². The zero-order valence-electron chi connectivity index (χ0n) is 17.6. The second kappa shape index (κ2) is 9.78. The summed E-state index contributed by atoms with van der Waals surface area (Å²) in [6, 6.07) is 4.43. The Bertz CT molecular complexity index is 919. The first-order chi connectivity index (χ1) is 15.1. The fourth-order valence-electron chi connectivity index (χ4n) is 4.18. The van der Waals surface area contributed by atoms with E-state index >= 15 is 0 Å². The van der Waals surface area contributed by atoms with Gasteiger partial charge in [0.05, 0.1) is 11.3 Å². The zero-order chi connectivity index (χ0) is 21.6. The molecule has 164 valence electrons. The van der Waals surface area contributed by atoms with Crippen LogP contribution in [0.4, 0.5) is 0 Å². The molecule has 2 aromatic rings. The number of amides is 1. The Morgan fingerprint density at radius 1 is 1.29 bits per heavy atom. The molecule has 10 nitrogen and oxygen atoms in total. The Morgan fingerprint density at radius 3 is 2.74 bits per heavy atom. The van der Waals surface area contributed by atoms with Crippen LogP contribution in [0, 0.1) is 5.92 Å². The molecule has 4 rings (SSSR count). The van der Waals surface area contributed by atoms with Gasteiger partial charge in [-0.15, -0.1) is 5.10 Å². The molecule has 1 N–H and O–H groups in total. The van der Waals surface area contributed by atoms with Crippen LogP contribution in [-0.4, -0.2) is 61.7 Å². The van der Waals surface area contributed by atoms with Crippen molar-refractivity contribution in [1.29, 1.82) is 0 Å². The lowest BCUT2D eigenvalue weighted by Gasteiger charge is -2.30. The van der Waals surface area contributed by atoms with Gasteiger partial charge >= 0.3 is 5.97 Å².